The van der Waals surface area contributed by atoms with Gasteiger partial charge in [-0.3, -0.25) is 0 Å². The topological polar surface area (TPSA) is 64.1 Å². The van der Waals surface area contributed by atoms with Crippen LogP contribution in [0.5, 0.6) is 0 Å². The number of furan rings is 1. The Kier molecular flexibility index (Phi) is 2.22. The van der Waals surface area contributed by atoms with Crippen LogP contribution in [0.3, 0.4) is 0 Å². The molecule has 0 bridgehead atoms. The summed E-state index contributed by atoms with van der Waals surface area (Å²) in [6, 6.07) is 2.27. The zero-order chi connectivity index (χ0) is 9.97. The van der Waals surface area contributed by atoms with Gasteiger partial charge in [0.2, 0.25) is 5.82 Å². The third-order valence-corrected chi connectivity index (χ3v) is 1.82. The molecule has 0 saturated carbocycles. The molecule has 0 radical (unpaired) electrons. The summed E-state index contributed by atoms with van der Waals surface area (Å²) in [4.78, 5) is 4.12. The molecular formula is C9H11N3O2. The summed E-state index contributed by atoms with van der Waals surface area (Å²) in [6.07, 6.45) is 1.61. The maximum atomic E-state index is 5.23. The average Bonchev–Trinajstić information content (AvgIpc) is 2.74. The fourth-order valence-corrected chi connectivity index (χ4v) is 1.14. The lowest BCUT2D eigenvalue weighted by Crippen LogP contribution is -1.95. The maximum absolute atomic E-state index is 5.23. The highest BCUT2D eigenvalue weighted by molar-refractivity contribution is 5.52. The van der Waals surface area contributed by atoms with Crippen molar-refractivity contribution in [2.75, 3.05) is 11.9 Å². The van der Waals surface area contributed by atoms with Crippen LogP contribution in [-0.4, -0.2) is 16.7 Å². The Morgan fingerprint density at radius 2 is 2.36 bits per heavy atom. The molecule has 14 heavy (non-hydrogen) atoms. The second-order valence-corrected chi connectivity index (χ2v) is 2.89. The Labute approximate surface area is 81.1 Å². The van der Waals surface area contributed by atoms with Crippen molar-refractivity contribution in [3.63, 3.8) is 0 Å². The molecule has 0 unspecified atom stereocenters. The minimum atomic E-state index is 0.415. The molecule has 5 heteroatoms. The molecule has 0 aliphatic heterocycles. The highest BCUT2D eigenvalue weighted by Gasteiger charge is 2.12. The Morgan fingerprint density at radius 3 is 3.00 bits per heavy atom. The van der Waals surface area contributed by atoms with E-state index < -0.39 is 0 Å². The fourth-order valence-electron chi connectivity index (χ4n) is 1.14. The van der Waals surface area contributed by atoms with E-state index in [4.69, 9.17) is 8.94 Å². The van der Waals surface area contributed by atoms with Crippen LogP contribution >= 0.6 is 0 Å². The van der Waals surface area contributed by atoms with E-state index in [-0.39, 0.29) is 0 Å². The number of aryl methyl sites for hydroxylation is 1. The fraction of sp³-hybridized carbons (Fsp3) is 0.333. The van der Waals surface area contributed by atoms with Crippen LogP contribution < -0.4 is 5.32 Å². The van der Waals surface area contributed by atoms with Crippen molar-refractivity contribution in [3.8, 4) is 11.6 Å². The monoisotopic (exact) mass is 193 g/mol. The molecule has 2 rings (SSSR count). The molecule has 0 atom stereocenters. The lowest BCUT2D eigenvalue weighted by atomic mass is 10.3. The van der Waals surface area contributed by atoms with Crippen molar-refractivity contribution < 1.29 is 8.94 Å². The molecule has 74 valence electrons. The van der Waals surface area contributed by atoms with Gasteiger partial charge in [-0.05, 0) is 25.5 Å². The Balaban J connectivity index is 2.29. The van der Waals surface area contributed by atoms with E-state index in [2.05, 4.69) is 15.5 Å². The first-order valence-electron chi connectivity index (χ1n) is 4.43. The average molecular weight is 193 g/mol. The predicted molar refractivity (Wildman–Crippen MR) is 50.9 cm³/mol. The molecule has 0 spiro atoms. The number of rotatable bonds is 3. The van der Waals surface area contributed by atoms with Crippen molar-refractivity contribution in [1.29, 1.82) is 0 Å². The van der Waals surface area contributed by atoms with E-state index in [1.807, 2.05) is 19.9 Å². The number of nitrogens with one attached hydrogen (secondary N) is 1. The zero-order valence-corrected chi connectivity index (χ0v) is 8.07. The van der Waals surface area contributed by atoms with Crippen LogP contribution in [0, 0.1) is 6.92 Å². The highest BCUT2D eigenvalue weighted by Crippen LogP contribution is 2.21. The molecular weight excluding hydrogens is 182 g/mol. The van der Waals surface area contributed by atoms with Gasteiger partial charge in [-0.15, -0.1) is 0 Å². The van der Waals surface area contributed by atoms with Gasteiger partial charge < -0.3 is 14.3 Å². The molecule has 1 N–H and O–H groups in total. The van der Waals surface area contributed by atoms with Gasteiger partial charge in [-0.25, -0.2) is 0 Å². The van der Waals surface area contributed by atoms with Crippen LogP contribution in [0.4, 0.5) is 6.01 Å². The molecule has 2 aromatic heterocycles. The third kappa shape index (κ3) is 1.48. The summed E-state index contributed by atoms with van der Waals surface area (Å²) in [5, 5.41) is 6.72. The quantitative estimate of drug-likeness (QED) is 0.808. The van der Waals surface area contributed by atoms with E-state index >= 15 is 0 Å². The van der Waals surface area contributed by atoms with Crippen LogP contribution in [0.25, 0.3) is 11.6 Å². The van der Waals surface area contributed by atoms with Gasteiger partial charge in [0, 0.05) is 6.54 Å². The Morgan fingerprint density at radius 1 is 1.50 bits per heavy atom. The minimum absolute atomic E-state index is 0.415. The molecule has 5 nitrogen and oxygen atoms in total. The standard InChI is InChI=1S/C9H11N3O2/c1-3-10-9-11-8(12-14-9)7-6(2)4-5-13-7/h4-5H,3H2,1-2H3,(H,10,11,12). The minimum Gasteiger partial charge on any atom is -0.461 e. The van der Waals surface area contributed by atoms with Crippen LogP contribution in [0.2, 0.25) is 0 Å². The van der Waals surface area contributed by atoms with Gasteiger partial charge in [0.25, 0.3) is 0 Å². The number of hydrogen-bond acceptors (Lipinski definition) is 5. The summed E-state index contributed by atoms with van der Waals surface area (Å²) < 4.78 is 10.2. The van der Waals surface area contributed by atoms with Gasteiger partial charge in [0.15, 0.2) is 5.76 Å². The van der Waals surface area contributed by atoms with E-state index in [9.17, 15) is 0 Å². The van der Waals surface area contributed by atoms with Crippen molar-refractivity contribution in [2.45, 2.75) is 13.8 Å². The predicted octanol–water partition coefficient (Wildman–Crippen LogP) is 2.07. The van der Waals surface area contributed by atoms with E-state index in [0.717, 1.165) is 12.1 Å². The number of hydrogen-bond donors (Lipinski definition) is 1. The Bertz CT molecular complexity index is 419. The second-order valence-electron chi connectivity index (χ2n) is 2.89. The molecule has 0 amide bonds. The third-order valence-electron chi connectivity index (χ3n) is 1.82. The lowest BCUT2D eigenvalue weighted by molar-refractivity contribution is 0.430. The normalized spacial score (nSPS) is 10.4. The smallest absolute Gasteiger partial charge is 0.321 e. The van der Waals surface area contributed by atoms with Gasteiger partial charge in [-0.1, -0.05) is 5.16 Å². The van der Waals surface area contributed by atoms with Crippen LogP contribution in [-0.2, 0) is 0 Å². The number of aromatic nitrogens is 2. The van der Waals surface area contributed by atoms with Crippen LogP contribution in [0.1, 0.15) is 12.5 Å². The van der Waals surface area contributed by atoms with Crippen LogP contribution in [0.15, 0.2) is 21.3 Å². The van der Waals surface area contributed by atoms with Gasteiger partial charge >= 0.3 is 6.01 Å². The molecule has 2 heterocycles. The first kappa shape index (κ1) is 8.80. The zero-order valence-electron chi connectivity index (χ0n) is 8.07. The van der Waals surface area contributed by atoms with E-state index in [0.29, 0.717) is 17.6 Å². The number of anilines is 1. The number of nitrogens with zero attached hydrogens (tertiary/aromatic N) is 2. The van der Waals surface area contributed by atoms with Gasteiger partial charge in [0.05, 0.1) is 6.26 Å². The van der Waals surface area contributed by atoms with Gasteiger partial charge in [0.1, 0.15) is 0 Å². The second kappa shape index (κ2) is 3.53. The molecule has 0 saturated heterocycles. The SMILES string of the molecule is CCNc1nc(-c2occc2C)no1. The molecule has 0 fully saturated rings. The van der Waals surface area contributed by atoms with Crippen molar-refractivity contribution in [3.05, 3.63) is 17.9 Å². The summed E-state index contributed by atoms with van der Waals surface area (Å²) >= 11 is 0. The largest absolute Gasteiger partial charge is 0.461 e. The first-order chi connectivity index (χ1) is 6.81. The summed E-state index contributed by atoms with van der Waals surface area (Å²) in [5.74, 6) is 1.13. The van der Waals surface area contributed by atoms with Crippen molar-refractivity contribution >= 4 is 6.01 Å². The molecule has 2 aromatic rings. The van der Waals surface area contributed by atoms with Gasteiger partial charge in [-0.2, -0.15) is 4.98 Å². The first-order valence-corrected chi connectivity index (χ1v) is 4.43. The molecule has 0 aliphatic carbocycles. The summed E-state index contributed by atoms with van der Waals surface area (Å²) in [7, 11) is 0. The van der Waals surface area contributed by atoms with Crippen molar-refractivity contribution in [2.24, 2.45) is 0 Å². The maximum Gasteiger partial charge on any atom is 0.321 e. The Hall–Kier alpha value is -1.78. The summed E-state index contributed by atoms with van der Waals surface area (Å²) in [6.45, 7) is 4.64. The highest BCUT2D eigenvalue weighted by atomic mass is 16.5. The molecule has 0 aliphatic rings. The molecule has 0 aromatic carbocycles. The van der Waals surface area contributed by atoms with E-state index in [1.54, 1.807) is 6.26 Å². The van der Waals surface area contributed by atoms with E-state index in [1.165, 1.54) is 0 Å². The summed E-state index contributed by atoms with van der Waals surface area (Å²) in [5.41, 5.74) is 0.994. The lowest BCUT2D eigenvalue weighted by Gasteiger charge is -1.90. The van der Waals surface area contributed by atoms with Crippen molar-refractivity contribution in [1.82, 2.24) is 10.1 Å².